The minimum atomic E-state index is -0.579. The Bertz CT molecular complexity index is 654. The molecule has 0 aromatic heterocycles. The second-order valence-corrected chi connectivity index (χ2v) is 4.91. The first-order valence-electron chi connectivity index (χ1n) is 7.03. The molecule has 2 rings (SSSR count). The monoisotopic (exact) mass is 291 g/mol. The summed E-state index contributed by atoms with van der Waals surface area (Å²) in [6, 6.07) is 21.6. The molecule has 0 unspecified atom stereocenters. The maximum atomic E-state index is 11.9. The van der Waals surface area contributed by atoms with Crippen LogP contribution in [0.5, 0.6) is 0 Å². The van der Waals surface area contributed by atoms with Gasteiger partial charge in [0, 0.05) is 0 Å². The number of nitriles is 1. The van der Waals surface area contributed by atoms with Crippen LogP contribution in [-0.2, 0) is 22.4 Å². The number of esters is 1. The number of hydrogen-bond acceptors (Lipinski definition) is 3. The molecule has 3 heteroatoms. The van der Waals surface area contributed by atoms with Gasteiger partial charge in [-0.25, -0.2) is 4.79 Å². The highest BCUT2D eigenvalue weighted by molar-refractivity contribution is 5.93. The van der Waals surface area contributed by atoms with Gasteiger partial charge in [-0.15, -0.1) is 0 Å². The lowest BCUT2D eigenvalue weighted by molar-refractivity contribution is -0.135. The zero-order valence-electron chi connectivity index (χ0n) is 12.5. The van der Waals surface area contributed by atoms with Gasteiger partial charge in [-0.05, 0) is 29.5 Å². The van der Waals surface area contributed by atoms with E-state index in [1.54, 1.807) is 0 Å². The number of ether oxygens (including phenoxy) is 1. The van der Waals surface area contributed by atoms with E-state index in [4.69, 9.17) is 4.74 Å². The molecule has 22 heavy (non-hydrogen) atoms. The predicted molar refractivity (Wildman–Crippen MR) is 84.9 cm³/mol. The predicted octanol–water partition coefficient (Wildman–Crippen LogP) is 3.46. The summed E-state index contributed by atoms with van der Waals surface area (Å²) < 4.78 is 4.74. The fraction of sp³-hybridized carbons (Fsp3) is 0.158. The van der Waals surface area contributed by atoms with Crippen LogP contribution in [0.4, 0.5) is 0 Å². The summed E-state index contributed by atoms with van der Waals surface area (Å²) in [6.45, 7) is 0. The molecule has 0 aliphatic heterocycles. The second kappa shape index (κ2) is 7.80. The van der Waals surface area contributed by atoms with Gasteiger partial charge in [0.1, 0.15) is 11.6 Å². The average Bonchev–Trinajstić information content (AvgIpc) is 2.57. The Morgan fingerprint density at radius 3 is 1.77 bits per heavy atom. The Balaban J connectivity index is 2.38. The number of rotatable bonds is 5. The molecule has 0 amide bonds. The van der Waals surface area contributed by atoms with Crippen LogP contribution in [-0.4, -0.2) is 13.1 Å². The molecule has 0 bridgehead atoms. The molecule has 0 aliphatic rings. The largest absolute Gasteiger partial charge is 0.465 e. The molecule has 3 nitrogen and oxygen atoms in total. The van der Waals surface area contributed by atoms with E-state index >= 15 is 0 Å². The normalized spacial score (nSPS) is 9.64. The Morgan fingerprint density at radius 2 is 1.41 bits per heavy atom. The average molecular weight is 291 g/mol. The molecular weight excluding hydrogens is 274 g/mol. The van der Waals surface area contributed by atoms with Crippen LogP contribution in [0.2, 0.25) is 0 Å². The molecule has 0 N–H and O–H groups in total. The molecule has 0 aliphatic carbocycles. The van der Waals surface area contributed by atoms with Crippen LogP contribution in [0.3, 0.4) is 0 Å². The van der Waals surface area contributed by atoms with Crippen molar-refractivity contribution in [1.82, 2.24) is 0 Å². The van der Waals surface area contributed by atoms with E-state index in [2.05, 4.69) is 0 Å². The van der Waals surface area contributed by atoms with E-state index in [1.807, 2.05) is 66.7 Å². The molecule has 0 saturated heterocycles. The highest BCUT2D eigenvalue weighted by Gasteiger charge is 2.16. The van der Waals surface area contributed by atoms with Gasteiger partial charge in [-0.2, -0.15) is 5.26 Å². The van der Waals surface area contributed by atoms with Crippen molar-refractivity contribution in [1.29, 1.82) is 5.26 Å². The van der Waals surface area contributed by atoms with Gasteiger partial charge in [0.2, 0.25) is 0 Å². The lowest BCUT2D eigenvalue weighted by atomic mass is 9.94. The van der Waals surface area contributed by atoms with Gasteiger partial charge < -0.3 is 4.74 Å². The van der Waals surface area contributed by atoms with Crippen LogP contribution in [0.25, 0.3) is 0 Å². The lowest BCUT2D eigenvalue weighted by Crippen LogP contribution is -2.10. The van der Waals surface area contributed by atoms with Crippen molar-refractivity contribution in [3.8, 4) is 6.07 Å². The summed E-state index contributed by atoms with van der Waals surface area (Å²) in [5.74, 6) is -0.579. The molecule has 2 aromatic carbocycles. The van der Waals surface area contributed by atoms with Gasteiger partial charge in [0.05, 0.1) is 7.11 Å². The third kappa shape index (κ3) is 4.07. The number of hydrogen-bond donors (Lipinski definition) is 0. The maximum absolute atomic E-state index is 11.9. The third-order valence-electron chi connectivity index (χ3n) is 3.38. The van der Waals surface area contributed by atoms with Crippen LogP contribution in [0, 0.1) is 11.3 Å². The van der Waals surface area contributed by atoms with Crippen molar-refractivity contribution in [2.45, 2.75) is 12.8 Å². The van der Waals surface area contributed by atoms with E-state index in [1.165, 1.54) is 7.11 Å². The van der Waals surface area contributed by atoms with Crippen molar-refractivity contribution < 1.29 is 9.53 Å². The SMILES string of the molecule is COC(=O)C(C#N)=C(Cc1ccccc1)Cc1ccccc1. The van der Waals surface area contributed by atoms with Crippen molar-refractivity contribution in [3.63, 3.8) is 0 Å². The Kier molecular flexibility index (Phi) is 5.50. The molecule has 0 fully saturated rings. The Morgan fingerprint density at radius 1 is 0.955 bits per heavy atom. The lowest BCUT2D eigenvalue weighted by Gasteiger charge is -2.10. The summed E-state index contributed by atoms with van der Waals surface area (Å²) in [5, 5.41) is 9.35. The zero-order valence-corrected chi connectivity index (χ0v) is 12.5. The molecule has 110 valence electrons. The van der Waals surface area contributed by atoms with Gasteiger partial charge in [0.25, 0.3) is 0 Å². The summed E-state index contributed by atoms with van der Waals surface area (Å²) in [4.78, 5) is 11.9. The first-order valence-corrected chi connectivity index (χ1v) is 7.03. The van der Waals surface area contributed by atoms with Crippen LogP contribution < -0.4 is 0 Å². The number of benzene rings is 2. The van der Waals surface area contributed by atoms with Gasteiger partial charge in [-0.1, -0.05) is 60.7 Å². The topological polar surface area (TPSA) is 50.1 Å². The van der Waals surface area contributed by atoms with Crippen molar-refractivity contribution >= 4 is 5.97 Å². The zero-order chi connectivity index (χ0) is 15.8. The van der Waals surface area contributed by atoms with Gasteiger partial charge in [0.15, 0.2) is 0 Å². The summed E-state index contributed by atoms with van der Waals surface area (Å²) in [7, 11) is 1.29. The number of carbonyl (C=O) groups excluding carboxylic acids is 1. The number of carbonyl (C=O) groups is 1. The van der Waals surface area contributed by atoms with Gasteiger partial charge >= 0.3 is 5.97 Å². The van der Waals surface area contributed by atoms with Crippen LogP contribution in [0.15, 0.2) is 71.8 Å². The quantitative estimate of drug-likeness (QED) is 0.481. The first-order chi connectivity index (χ1) is 10.7. The minimum Gasteiger partial charge on any atom is -0.465 e. The van der Waals surface area contributed by atoms with Crippen molar-refractivity contribution in [2.24, 2.45) is 0 Å². The van der Waals surface area contributed by atoms with E-state index in [-0.39, 0.29) is 5.57 Å². The molecule has 0 atom stereocenters. The summed E-state index contributed by atoms with van der Waals surface area (Å²) in [5.41, 5.74) is 2.98. The van der Waals surface area contributed by atoms with Crippen LogP contribution in [0.1, 0.15) is 11.1 Å². The molecule has 2 aromatic rings. The number of methoxy groups -OCH3 is 1. The minimum absolute atomic E-state index is 0.0928. The van der Waals surface area contributed by atoms with E-state index in [0.29, 0.717) is 12.8 Å². The molecule has 0 heterocycles. The van der Waals surface area contributed by atoms with E-state index < -0.39 is 5.97 Å². The highest BCUT2D eigenvalue weighted by atomic mass is 16.5. The van der Waals surface area contributed by atoms with Gasteiger partial charge in [-0.3, -0.25) is 0 Å². The standard InChI is InChI=1S/C19H17NO2/c1-22-19(21)18(14-20)17(12-15-8-4-2-5-9-15)13-16-10-6-3-7-11-16/h2-11H,12-13H2,1H3. The maximum Gasteiger partial charge on any atom is 0.348 e. The highest BCUT2D eigenvalue weighted by Crippen LogP contribution is 2.18. The summed E-state index contributed by atoms with van der Waals surface area (Å²) >= 11 is 0. The molecular formula is C19H17NO2. The number of allylic oxidation sites excluding steroid dienone is 1. The number of nitrogens with zero attached hydrogens (tertiary/aromatic N) is 1. The molecule has 0 radical (unpaired) electrons. The Hall–Kier alpha value is -2.86. The third-order valence-corrected chi connectivity index (χ3v) is 3.38. The smallest absolute Gasteiger partial charge is 0.348 e. The molecule has 0 spiro atoms. The Labute approximate surface area is 130 Å². The first kappa shape index (κ1) is 15.5. The van der Waals surface area contributed by atoms with E-state index in [0.717, 1.165) is 16.7 Å². The van der Waals surface area contributed by atoms with Crippen LogP contribution >= 0.6 is 0 Å². The fourth-order valence-electron chi connectivity index (χ4n) is 2.29. The fourth-order valence-corrected chi connectivity index (χ4v) is 2.29. The van der Waals surface area contributed by atoms with E-state index in [9.17, 15) is 10.1 Å². The molecule has 0 saturated carbocycles. The van der Waals surface area contributed by atoms with Crippen molar-refractivity contribution in [2.75, 3.05) is 7.11 Å². The summed E-state index contributed by atoms with van der Waals surface area (Å²) in [6.07, 6.45) is 1.10. The van der Waals surface area contributed by atoms with Crippen molar-refractivity contribution in [3.05, 3.63) is 82.9 Å². The second-order valence-electron chi connectivity index (χ2n) is 4.91.